The van der Waals surface area contributed by atoms with Gasteiger partial charge in [0.25, 0.3) is 15.9 Å². The summed E-state index contributed by atoms with van der Waals surface area (Å²) in [5.41, 5.74) is 1.24. The van der Waals surface area contributed by atoms with E-state index in [1.165, 1.54) is 38.4 Å². The first-order chi connectivity index (χ1) is 15.4. The van der Waals surface area contributed by atoms with E-state index in [4.69, 9.17) is 14.7 Å². The van der Waals surface area contributed by atoms with Crippen LogP contribution in [0.2, 0.25) is 0 Å². The van der Waals surface area contributed by atoms with Crippen LogP contribution in [0.4, 0.5) is 11.4 Å². The van der Waals surface area contributed by atoms with E-state index in [0.717, 1.165) is 4.31 Å². The molecular formula is C23H21N3O5S. The van der Waals surface area contributed by atoms with Crippen LogP contribution in [0.1, 0.15) is 10.4 Å². The molecule has 3 aromatic rings. The molecule has 0 saturated carbocycles. The van der Waals surface area contributed by atoms with Crippen molar-refractivity contribution >= 4 is 27.3 Å². The fourth-order valence-corrected chi connectivity index (χ4v) is 4.12. The summed E-state index contributed by atoms with van der Waals surface area (Å²) in [5.74, 6) is 0.551. The summed E-state index contributed by atoms with van der Waals surface area (Å²) >= 11 is 0. The molecule has 3 rings (SSSR count). The summed E-state index contributed by atoms with van der Waals surface area (Å²) in [6, 6.07) is 20.9. The van der Waals surface area contributed by atoms with Crippen LogP contribution in [0.5, 0.6) is 11.5 Å². The van der Waals surface area contributed by atoms with Crippen molar-refractivity contribution in [3.05, 3.63) is 78.4 Å². The smallest absolute Gasteiger partial charge is 0.264 e. The molecule has 1 N–H and O–H groups in total. The van der Waals surface area contributed by atoms with Crippen LogP contribution in [0.3, 0.4) is 0 Å². The van der Waals surface area contributed by atoms with E-state index in [-0.39, 0.29) is 11.5 Å². The molecule has 0 spiro atoms. The number of rotatable bonds is 8. The predicted octanol–water partition coefficient (Wildman–Crippen LogP) is 3.67. The standard InChI is InChI=1S/C23H21N3O5S/c1-26(21-5-3-4-6-22(21)30-2)32(28,29)20-13-7-17(8-14-20)23(27)25-18-9-11-19(12-10-18)31-16-15-24/h3-14H,16H2,1-2H3,(H,25,27). The maximum absolute atomic E-state index is 13.0. The highest BCUT2D eigenvalue weighted by atomic mass is 32.2. The summed E-state index contributed by atoms with van der Waals surface area (Å²) in [6.07, 6.45) is 0. The van der Waals surface area contributed by atoms with Crippen molar-refractivity contribution in [3.8, 4) is 17.6 Å². The van der Waals surface area contributed by atoms with Gasteiger partial charge in [-0.2, -0.15) is 5.26 Å². The van der Waals surface area contributed by atoms with Gasteiger partial charge in [0.1, 0.15) is 17.6 Å². The van der Waals surface area contributed by atoms with Crippen LogP contribution in [0.15, 0.2) is 77.7 Å². The van der Waals surface area contributed by atoms with Gasteiger partial charge in [-0.05, 0) is 60.7 Å². The monoisotopic (exact) mass is 451 g/mol. The molecule has 0 atom stereocenters. The number of carbonyl (C=O) groups excluding carboxylic acids is 1. The molecule has 164 valence electrons. The molecule has 9 heteroatoms. The number of nitrogens with one attached hydrogen (secondary N) is 1. The maximum Gasteiger partial charge on any atom is 0.264 e. The minimum atomic E-state index is -3.85. The van der Waals surface area contributed by atoms with Gasteiger partial charge in [-0.25, -0.2) is 8.42 Å². The maximum atomic E-state index is 13.0. The SMILES string of the molecule is COc1ccccc1N(C)S(=O)(=O)c1ccc(C(=O)Nc2ccc(OCC#N)cc2)cc1. The molecule has 3 aromatic carbocycles. The van der Waals surface area contributed by atoms with Gasteiger partial charge in [0.2, 0.25) is 0 Å². The third kappa shape index (κ3) is 4.99. The molecule has 1 amide bonds. The highest BCUT2D eigenvalue weighted by molar-refractivity contribution is 7.92. The summed E-state index contributed by atoms with van der Waals surface area (Å²) in [4.78, 5) is 12.6. The Morgan fingerprint density at radius 2 is 1.69 bits per heavy atom. The Morgan fingerprint density at radius 3 is 2.31 bits per heavy atom. The number of anilines is 2. The number of hydrogen-bond acceptors (Lipinski definition) is 6. The molecule has 0 aliphatic carbocycles. The average molecular weight is 452 g/mol. The lowest BCUT2D eigenvalue weighted by Crippen LogP contribution is -2.27. The number of benzene rings is 3. The molecular weight excluding hydrogens is 430 g/mol. The van der Waals surface area contributed by atoms with Gasteiger partial charge >= 0.3 is 0 Å². The molecule has 0 aliphatic rings. The van der Waals surface area contributed by atoms with E-state index in [0.29, 0.717) is 28.4 Å². The normalized spacial score (nSPS) is 10.7. The Bertz CT molecular complexity index is 1230. The number of nitriles is 1. The van der Waals surface area contributed by atoms with Gasteiger partial charge in [0, 0.05) is 18.3 Å². The number of amides is 1. The summed E-state index contributed by atoms with van der Waals surface area (Å²) in [5, 5.41) is 11.3. The lowest BCUT2D eigenvalue weighted by Gasteiger charge is -2.21. The van der Waals surface area contributed by atoms with E-state index in [1.807, 2.05) is 6.07 Å². The second-order valence-electron chi connectivity index (χ2n) is 6.59. The van der Waals surface area contributed by atoms with E-state index in [1.54, 1.807) is 48.5 Å². The number of ether oxygens (including phenoxy) is 2. The second-order valence-corrected chi connectivity index (χ2v) is 8.56. The highest BCUT2D eigenvalue weighted by Gasteiger charge is 2.24. The predicted molar refractivity (Wildman–Crippen MR) is 121 cm³/mol. The van der Waals surface area contributed by atoms with Crippen LogP contribution in [0.25, 0.3) is 0 Å². The van der Waals surface area contributed by atoms with Crippen LogP contribution < -0.4 is 19.1 Å². The van der Waals surface area contributed by atoms with E-state index in [2.05, 4.69) is 5.32 Å². The van der Waals surface area contributed by atoms with E-state index in [9.17, 15) is 13.2 Å². The Balaban J connectivity index is 1.73. The number of para-hydroxylation sites is 2. The van der Waals surface area contributed by atoms with Gasteiger partial charge in [-0.1, -0.05) is 12.1 Å². The van der Waals surface area contributed by atoms with Crippen molar-refractivity contribution in [2.24, 2.45) is 0 Å². The van der Waals surface area contributed by atoms with Crippen molar-refractivity contribution in [2.45, 2.75) is 4.90 Å². The summed E-state index contributed by atoms with van der Waals surface area (Å²) in [7, 11) is -0.940. The quantitative estimate of drug-likeness (QED) is 0.560. The number of methoxy groups -OCH3 is 1. The zero-order chi connectivity index (χ0) is 23.1. The largest absolute Gasteiger partial charge is 0.495 e. The first-order valence-electron chi connectivity index (χ1n) is 9.50. The first kappa shape index (κ1) is 22.7. The Hall–Kier alpha value is -4.03. The summed E-state index contributed by atoms with van der Waals surface area (Å²) in [6.45, 7) is -0.0623. The number of nitrogens with zero attached hydrogens (tertiary/aromatic N) is 2. The van der Waals surface area contributed by atoms with Gasteiger partial charge in [-0.15, -0.1) is 0 Å². The molecule has 8 nitrogen and oxygen atoms in total. The summed E-state index contributed by atoms with van der Waals surface area (Å²) < 4.78 is 37.6. The van der Waals surface area contributed by atoms with Crippen molar-refractivity contribution in [1.29, 1.82) is 5.26 Å². The molecule has 0 fully saturated rings. The lowest BCUT2D eigenvalue weighted by molar-refractivity contribution is 0.102. The van der Waals surface area contributed by atoms with Crippen molar-refractivity contribution in [1.82, 2.24) is 0 Å². The van der Waals surface area contributed by atoms with E-state index < -0.39 is 15.9 Å². The molecule has 32 heavy (non-hydrogen) atoms. The van der Waals surface area contributed by atoms with Crippen molar-refractivity contribution < 1.29 is 22.7 Å². The van der Waals surface area contributed by atoms with Gasteiger partial charge in [0.15, 0.2) is 6.61 Å². The minimum Gasteiger partial charge on any atom is -0.495 e. The Kier molecular flexibility index (Phi) is 6.97. The minimum absolute atomic E-state index is 0.0430. The molecule has 0 aromatic heterocycles. The van der Waals surface area contributed by atoms with Crippen LogP contribution in [0, 0.1) is 11.3 Å². The van der Waals surface area contributed by atoms with E-state index >= 15 is 0 Å². The van der Waals surface area contributed by atoms with Gasteiger partial charge in [-0.3, -0.25) is 9.10 Å². The lowest BCUT2D eigenvalue weighted by atomic mass is 10.2. The number of carbonyl (C=O) groups is 1. The van der Waals surface area contributed by atoms with Crippen LogP contribution in [-0.4, -0.2) is 35.1 Å². The zero-order valence-electron chi connectivity index (χ0n) is 17.5. The fourth-order valence-electron chi connectivity index (χ4n) is 2.91. The molecule has 0 aliphatic heterocycles. The average Bonchev–Trinajstić information content (AvgIpc) is 2.83. The fraction of sp³-hybridized carbons (Fsp3) is 0.130. The third-order valence-electron chi connectivity index (χ3n) is 4.61. The van der Waals surface area contributed by atoms with Crippen molar-refractivity contribution in [2.75, 3.05) is 30.4 Å². The topological polar surface area (TPSA) is 109 Å². The molecule has 0 unspecified atom stereocenters. The van der Waals surface area contributed by atoms with Crippen molar-refractivity contribution in [3.63, 3.8) is 0 Å². The highest BCUT2D eigenvalue weighted by Crippen LogP contribution is 2.31. The first-order valence-corrected chi connectivity index (χ1v) is 10.9. The number of sulfonamides is 1. The van der Waals surface area contributed by atoms with Crippen LogP contribution in [-0.2, 0) is 10.0 Å². The zero-order valence-corrected chi connectivity index (χ0v) is 18.3. The van der Waals surface area contributed by atoms with Gasteiger partial charge < -0.3 is 14.8 Å². The third-order valence-corrected chi connectivity index (χ3v) is 6.40. The molecule has 0 radical (unpaired) electrons. The molecule has 0 heterocycles. The van der Waals surface area contributed by atoms with Crippen LogP contribution >= 0.6 is 0 Å². The molecule has 0 bridgehead atoms. The van der Waals surface area contributed by atoms with Gasteiger partial charge in [0.05, 0.1) is 17.7 Å². The Labute approximate surface area is 186 Å². The second kappa shape index (κ2) is 9.85. The molecule has 0 saturated heterocycles. The number of hydrogen-bond donors (Lipinski definition) is 1. The Morgan fingerprint density at radius 1 is 1.03 bits per heavy atom.